The molecule has 0 bridgehead atoms. The van der Waals surface area contributed by atoms with Crippen LogP contribution in [-0.2, 0) is 13.0 Å². The van der Waals surface area contributed by atoms with E-state index in [4.69, 9.17) is 4.98 Å². The second kappa shape index (κ2) is 6.24. The average Bonchev–Trinajstić information content (AvgIpc) is 3.21. The van der Waals surface area contributed by atoms with Gasteiger partial charge in [0.25, 0.3) is 5.91 Å². The second-order valence-electron chi connectivity index (χ2n) is 6.10. The van der Waals surface area contributed by atoms with Gasteiger partial charge in [0.1, 0.15) is 5.82 Å². The molecule has 0 unspecified atom stereocenters. The van der Waals surface area contributed by atoms with Gasteiger partial charge in [0.2, 0.25) is 0 Å². The number of para-hydroxylation sites is 1. The fourth-order valence-electron chi connectivity index (χ4n) is 3.10. The Kier molecular flexibility index (Phi) is 3.94. The summed E-state index contributed by atoms with van der Waals surface area (Å²) < 4.78 is 2.24. The van der Waals surface area contributed by atoms with E-state index in [-0.39, 0.29) is 5.91 Å². The van der Waals surface area contributed by atoms with E-state index in [0.29, 0.717) is 0 Å². The highest BCUT2D eigenvalue weighted by Crippen LogP contribution is 2.29. The van der Waals surface area contributed by atoms with Crippen LogP contribution in [0.15, 0.2) is 42.6 Å². The fourth-order valence-corrected chi connectivity index (χ4v) is 3.86. The van der Waals surface area contributed by atoms with Gasteiger partial charge < -0.3 is 9.88 Å². The number of nitrogens with zero attached hydrogens (tertiary/aromatic N) is 2. The number of fused-ring (bicyclic) bond motifs is 1. The molecule has 5 heteroatoms. The maximum Gasteiger partial charge on any atom is 0.265 e. The van der Waals surface area contributed by atoms with E-state index in [0.717, 1.165) is 45.5 Å². The van der Waals surface area contributed by atoms with E-state index in [1.807, 2.05) is 43.3 Å². The van der Waals surface area contributed by atoms with E-state index in [9.17, 15) is 4.79 Å². The van der Waals surface area contributed by atoms with Crippen molar-refractivity contribution in [2.24, 2.45) is 0 Å². The Morgan fingerprint density at radius 3 is 2.88 bits per heavy atom. The summed E-state index contributed by atoms with van der Waals surface area (Å²) in [5.74, 6) is 1.08. The summed E-state index contributed by atoms with van der Waals surface area (Å²) in [7, 11) is 0. The number of hydrogen-bond donors (Lipinski definition) is 1. The first-order valence-electron chi connectivity index (χ1n) is 8.24. The van der Waals surface area contributed by atoms with E-state index < -0.39 is 0 Å². The number of aryl methyl sites for hydroxylation is 3. The number of benzene rings is 1. The van der Waals surface area contributed by atoms with Crippen LogP contribution in [0.4, 0.5) is 5.69 Å². The number of rotatable bonds is 3. The topological polar surface area (TPSA) is 46.9 Å². The Hall–Kier alpha value is -2.40. The normalized spacial score (nSPS) is 13.5. The molecule has 122 valence electrons. The molecule has 3 aromatic rings. The summed E-state index contributed by atoms with van der Waals surface area (Å²) in [6.45, 7) is 3.04. The summed E-state index contributed by atoms with van der Waals surface area (Å²) in [6.07, 6.45) is 5.54. The predicted molar refractivity (Wildman–Crippen MR) is 97.6 cm³/mol. The van der Waals surface area contributed by atoms with Crippen molar-refractivity contribution >= 4 is 22.9 Å². The van der Waals surface area contributed by atoms with Crippen LogP contribution in [0, 0.1) is 6.92 Å². The van der Waals surface area contributed by atoms with Gasteiger partial charge in [-0.2, -0.15) is 0 Å². The number of amides is 1. The lowest BCUT2D eigenvalue weighted by atomic mass is 10.1. The van der Waals surface area contributed by atoms with Crippen molar-refractivity contribution in [1.29, 1.82) is 0 Å². The Balaban J connectivity index is 1.65. The van der Waals surface area contributed by atoms with Crippen LogP contribution < -0.4 is 5.32 Å². The van der Waals surface area contributed by atoms with Crippen molar-refractivity contribution in [1.82, 2.24) is 9.55 Å². The molecule has 0 aliphatic carbocycles. The SMILES string of the molecule is Cc1ccc(C(=O)Nc2ccccc2-c2cn3c(n2)CCCC3)s1. The number of carbonyl (C=O) groups excluding carboxylic acids is 1. The van der Waals surface area contributed by atoms with Crippen LogP contribution >= 0.6 is 11.3 Å². The third-order valence-corrected chi connectivity index (χ3v) is 5.32. The zero-order chi connectivity index (χ0) is 16.5. The molecule has 2 aromatic heterocycles. The third kappa shape index (κ3) is 2.87. The standard InChI is InChI=1S/C19H19N3OS/c1-13-9-10-17(24-13)19(23)21-15-7-3-2-6-14(15)16-12-22-11-5-4-8-18(22)20-16/h2-3,6-7,9-10,12H,4-5,8,11H2,1H3,(H,21,23). The summed E-state index contributed by atoms with van der Waals surface area (Å²) in [5, 5.41) is 3.04. The molecule has 0 atom stereocenters. The number of thiophene rings is 1. The molecule has 1 N–H and O–H groups in total. The molecule has 1 aromatic carbocycles. The van der Waals surface area contributed by atoms with Crippen molar-refractivity contribution in [3.63, 3.8) is 0 Å². The van der Waals surface area contributed by atoms with Crippen LogP contribution in [0.25, 0.3) is 11.3 Å². The maximum absolute atomic E-state index is 12.5. The number of hydrogen-bond acceptors (Lipinski definition) is 3. The van der Waals surface area contributed by atoms with Crippen LogP contribution in [0.5, 0.6) is 0 Å². The first kappa shape index (κ1) is 15.1. The van der Waals surface area contributed by atoms with Crippen LogP contribution in [-0.4, -0.2) is 15.5 Å². The lowest BCUT2D eigenvalue weighted by Crippen LogP contribution is -2.10. The molecule has 1 aliphatic rings. The molecule has 1 amide bonds. The van der Waals surface area contributed by atoms with Gasteiger partial charge in [-0.3, -0.25) is 4.79 Å². The monoisotopic (exact) mass is 337 g/mol. The van der Waals surface area contributed by atoms with Crippen molar-refractivity contribution in [2.75, 3.05) is 5.32 Å². The Labute approximate surface area is 145 Å². The zero-order valence-electron chi connectivity index (χ0n) is 13.6. The zero-order valence-corrected chi connectivity index (χ0v) is 14.4. The molecule has 3 heterocycles. The van der Waals surface area contributed by atoms with Crippen molar-refractivity contribution in [3.05, 3.63) is 58.2 Å². The number of imidazole rings is 1. The number of aromatic nitrogens is 2. The highest BCUT2D eigenvalue weighted by atomic mass is 32.1. The molecule has 0 saturated heterocycles. The van der Waals surface area contributed by atoms with Gasteiger partial charge in [0.05, 0.1) is 16.3 Å². The van der Waals surface area contributed by atoms with E-state index in [1.54, 1.807) is 0 Å². The van der Waals surface area contributed by atoms with E-state index in [1.165, 1.54) is 24.2 Å². The van der Waals surface area contributed by atoms with Crippen molar-refractivity contribution in [3.8, 4) is 11.3 Å². The average molecular weight is 337 g/mol. The molecule has 0 radical (unpaired) electrons. The molecular formula is C19H19N3OS. The van der Waals surface area contributed by atoms with Gasteiger partial charge >= 0.3 is 0 Å². The van der Waals surface area contributed by atoms with Gasteiger partial charge in [0, 0.05) is 29.6 Å². The molecule has 24 heavy (non-hydrogen) atoms. The van der Waals surface area contributed by atoms with E-state index in [2.05, 4.69) is 16.1 Å². The van der Waals surface area contributed by atoms with Gasteiger partial charge in [-0.1, -0.05) is 18.2 Å². The molecule has 4 rings (SSSR count). The number of anilines is 1. The maximum atomic E-state index is 12.5. The Morgan fingerprint density at radius 1 is 1.21 bits per heavy atom. The first-order chi connectivity index (χ1) is 11.7. The Bertz CT molecular complexity index is 870. The molecule has 0 spiro atoms. The van der Waals surface area contributed by atoms with Gasteiger partial charge in [-0.25, -0.2) is 4.98 Å². The lowest BCUT2D eigenvalue weighted by Gasteiger charge is -2.11. The summed E-state index contributed by atoms with van der Waals surface area (Å²) in [5.41, 5.74) is 2.72. The smallest absolute Gasteiger partial charge is 0.265 e. The quantitative estimate of drug-likeness (QED) is 0.764. The van der Waals surface area contributed by atoms with Crippen LogP contribution in [0.1, 0.15) is 33.2 Å². The minimum atomic E-state index is -0.0653. The van der Waals surface area contributed by atoms with Gasteiger partial charge in [-0.05, 0) is 38.0 Å². The second-order valence-corrected chi connectivity index (χ2v) is 7.39. The fraction of sp³-hybridized carbons (Fsp3) is 0.263. The highest BCUT2D eigenvalue weighted by Gasteiger charge is 2.16. The molecular weight excluding hydrogens is 318 g/mol. The summed E-state index contributed by atoms with van der Waals surface area (Å²) >= 11 is 1.51. The molecule has 4 nitrogen and oxygen atoms in total. The van der Waals surface area contributed by atoms with Crippen molar-refractivity contribution < 1.29 is 4.79 Å². The third-order valence-electron chi connectivity index (χ3n) is 4.32. The molecule has 0 saturated carbocycles. The van der Waals surface area contributed by atoms with Crippen LogP contribution in [0.2, 0.25) is 0 Å². The van der Waals surface area contributed by atoms with Gasteiger partial charge in [0.15, 0.2) is 0 Å². The minimum absolute atomic E-state index is 0.0653. The Morgan fingerprint density at radius 2 is 2.08 bits per heavy atom. The molecule has 0 fully saturated rings. The predicted octanol–water partition coefficient (Wildman–Crippen LogP) is 4.51. The number of carbonyl (C=O) groups is 1. The van der Waals surface area contributed by atoms with Crippen LogP contribution in [0.3, 0.4) is 0 Å². The van der Waals surface area contributed by atoms with Gasteiger partial charge in [-0.15, -0.1) is 11.3 Å². The van der Waals surface area contributed by atoms with Crippen molar-refractivity contribution in [2.45, 2.75) is 32.7 Å². The summed E-state index contributed by atoms with van der Waals surface area (Å²) in [4.78, 5) is 19.1. The van der Waals surface area contributed by atoms with E-state index >= 15 is 0 Å². The minimum Gasteiger partial charge on any atom is -0.334 e. The highest BCUT2D eigenvalue weighted by molar-refractivity contribution is 7.14. The summed E-state index contributed by atoms with van der Waals surface area (Å²) in [6, 6.07) is 11.7. The largest absolute Gasteiger partial charge is 0.334 e. The molecule has 1 aliphatic heterocycles. The first-order valence-corrected chi connectivity index (χ1v) is 9.05. The lowest BCUT2D eigenvalue weighted by molar-refractivity contribution is 0.103. The number of nitrogens with one attached hydrogen (secondary N) is 1.